The Hall–Kier alpha value is -2.03. The number of piperidine rings is 1. The summed E-state index contributed by atoms with van der Waals surface area (Å²) in [6.45, 7) is 2.12. The van der Waals surface area contributed by atoms with Crippen molar-refractivity contribution in [1.29, 1.82) is 0 Å². The molecule has 2 saturated carbocycles. The van der Waals surface area contributed by atoms with Gasteiger partial charge in [-0.1, -0.05) is 30.6 Å². The Morgan fingerprint density at radius 2 is 1.58 bits per heavy atom. The number of hydroxylamine groups is 2. The molecule has 0 spiro atoms. The number of nitrogens with zero attached hydrogens (tertiary/aromatic N) is 4. The maximum Gasteiger partial charge on any atom is 0.248 e. The normalized spacial score (nSPS) is 24.1. The van der Waals surface area contributed by atoms with Crippen LogP contribution in [0.15, 0.2) is 24.3 Å². The fourth-order valence-electron chi connectivity index (χ4n) is 5.99. The first kappa shape index (κ1) is 25.6. The van der Waals surface area contributed by atoms with Crippen LogP contribution in [0.5, 0.6) is 0 Å². The van der Waals surface area contributed by atoms with Gasteiger partial charge in [-0.25, -0.2) is 5.06 Å². The van der Waals surface area contributed by atoms with Gasteiger partial charge < -0.3 is 9.64 Å². The Bertz CT molecular complexity index is 975. The molecular weight excluding hydrogens is 472 g/mol. The Balaban J connectivity index is 1.11. The molecule has 0 unspecified atom stereocenters. The molecule has 0 atom stereocenters. The molecular formula is C28H40N4O3S. The van der Waals surface area contributed by atoms with Crippen LogP contribution < -0.4 is 4.90 Å². The smallest absolute Gasteiger partial charge is 0.248 e. The van der Waals surface area contributed by atoms with E-state index in [0.717, 1.165) is 67.2 Å². The van der Waals surface area contributed by atoms with Crippen LogP contribution in [0.3, 0.4) is 0 Å². The van der Waals surface area contributed by atoms with Gasteiger partial charge >= 0.3 is 0 Å². The highest BCUT2D eigenvalue weighted by Crippen LogP contribution is 2.39. The van der Waals surface area contributed by atoms with Crippen molar-refractivity contribution >= 4 is 22.9 Å². The quantitative estimate of drug-likeness (QED) is 0.436. The van der Waals surface area contributed by atoms with E-state index < -0.39 is 0 Å². The van der Waals surface area contributed by atoms with Gasteiger partial charge in [0.1, 0.15) is 10.0 Å². The number of rotatable bonds is 7. The van der Waals surface area contributed by atoms with Crippen molar-refractivity contribution in [1.82, 2.24) is 15.3 Å². The first-order chi connectivity index (χ1) is 17.6. The maximum absolute atomic E-state index is 12.4. The van der Waals surface area contributed by atoms with E-state index in [1.165, 1.54) is 50.0 Å². The third kappa shape index (κ3) is 6.09. The average Bonchev–Trinajstić information content (AvgIpc) is 3.44. The zero-order chi connectivity index (χ0) is 24.9. The van der Waals surface area contributed by atoms with Crippen molar-refractivity contribution in [2.45, 2.75) is 88.8 Å². The second kappa shape index (κ2) is 12.0. The van der Waals surface area contributed by atoms with Crippen molar-refractivity contribution in [3.63, 3.8) is 0 Å². The van der Waals surface area contributed by atoms with Crippen LogP contribution in [0.4, 0.5) is 5.69 Å². The van der Waals surface area contributed by atoms with E-state index in [-0.39, 0.29) is 11.8 Å². The molecule has 0 bridgehead atoms. The highest BCUT2D eigenvalue weighted by atomic mass is 32.1. The second-order valence-corrected chi connectivity index (χ2v) is 11.7. The maximum atomic E-state index is 12.4. The Kier molecular flexibility index (Phi) is 8.54. The van der Waals surface area contributed by atoms with Gasteiger partial charge in [0.15, 0.2) is 0 Å². The van der Waals surface area contributed by atoms with Crippen molar-refractivity contribution in [2.75, 3.05) is 32.1 Å². The van der Waals surface area contributed by atoms with Gasteiger partial charge in [0, 0.05) is 43.2 Å². The van der Waals surface area contributed by atoms with E-state index in [0.29, 0.717) is 18.1 Å². The largest absolute Gasteiger partial charge is 0.375 e. The summed E-state index contributed by atoms with van der Waals surface area (Å²) in [4.78, 5) is 19.9. The zero-order valence-corrected chi connectivity index (χ0v) is 22.5. The number of anilines is 1. The van der Waals surface area contributed by atoms with Crippen LogP contribution in [0.25, 0.3) is 10.6 Å². The van der Waals surface area contributed by atoms with E-state index in [9.17, 15) is 4.79 Å². The highest BCUT2D eigenvalue weighted by Gasteiger charge is 2.31. The summed E-state index contributed by atoms with van der Waals surface area (Å²) in [6.07, 6.45) is 13.4. The second-order valence-electron chi connectivity index (χ2n) is 10.6. The predicted molar refractivity (Wildman–Crippen MR) is 143 cm³/mol. The molecule has 0 radical (unpaired) electrons. The van der Waals surface area contributed by atoms with Crippen molar-refractivity contribution in [2.24, 2.45) is 5.92 Å². The summed E-state index contributed by atoms with van der Waals surface area (Å²) in [5, 5.41) is 12.5. The molecule has 2 heterocycles. The third-order valence-corrected chi connectivity index (χ3v) is 9.44. The van der Waals surface area contributed by atoms with Gasteiger partial charge in [-0.15, -0.1) is 10.2 Å². The van der Waals surface area contributed by atoms with Crippen LogP contribution in [0, 0.1) is 5.92 Å². The minimum absolute atomic E-state index is 0.0509. The zero-order valence-electron chi connectivity index (χ0n) is 21.7. The molecule has 1 saturated heterocycles. The minimum Gasteiger partial charge on any atom is -0.375 e. The molecule has 1 aliphatic heterocycles. The SMILES string of the molecule is CON(C)C(=O)[C@H]1CC[C@H](c2nnc(-c3ccc(N4CCC(OC5CCCCC5)CC4)cc3)s2)CC1. The van der Waals surface area contributed by atoms with Crippen LogP contribution in [-0.4, -0.2) is 60.6 Å². The first-order valence-corrected chi connectivity index (χ1v) is 14.6. The van der Waals surface area contributed by atoms with Gasteiger partial charge in [-0.05, 0) is 75.6 Å². The molecule has 1 amide bonds. The minimum atomic E-state index is 0.0509. The molecule has 2 aromatic rings. The summed E-state index contributed by atoms with van der Waals surface area (Å²) < 4.78 is 6.41. The predicted octanol–water partition coefficient (Wildman–Crippen LogP) is 5.82. The molecule has 7 nitrogen and oxygen atoms in total. The number of benzene rings is 1. The average molecular weight is 513 g/mol. The summed E-state index contributed by atoms with van der Waals surface area (Å²) in [7, 11) is 3.22. The van der Waals surface area contributed by atoms with E-state index in [4.69, 9.17) is 9.57 Å². The van der Waals surface area contributed by atoms with E-state index in [2.05, 4.69) is 39.4 Å². The lowest BCUT2D eigenvalue weighted by atomic mass is 9.82. The molecule has 196 valence electrons. The Morgan fingerprint density at radius 1 is 0.917 bits per heavy atom. The van der Waals surface area contributed by atoms with Gasteiger partial charge in [0.2, 0.25) is 5.91 Å². The first-order valence-electron chi connectivity index (χ1n) is 13.8. The van der Waals surface area contributed by atoms with Crippen LogP contribution in [0.2, 0.25) is 0 Å². The van der Waals surface area contributed by atoms with Crippen LogP contribution in [0.1, 0.15) is 81.6 Å². The third-order valence-electron chi connectivity index (χ3n) is 8.31. The summed E-state index contributed by atoms with van der Waals surface area (Å²) in [6, 6.07) is 8.81. The molecule has 8 heteroatoms. The van der Waals surface area contributed by atoms with Crippen LogP contribution in [-0.2, 0) is 14.4 Å². The van der Waals surface area contributed by atoms with E-state index in [1.54, 1.807) is 18.4 Å². The molecule has 1 aromatic carbocycles. The molecule has 3 aliphatic rings. The van der Waals surface area contributed by atoms with E-state index >= 15 is 0 Å². The molecule has 5 rings (SSSR count). The highest BCUT2D eigenvalue weighted by molar-refractivity contribution is 7.14. The van der Waals surface area contributed by atoms with Gasteiger partial charge in [0.05, 0.1) is 19.3 Å². The molecule has 0 N–H and O–H groups in total. The fourth-order valence-corrected chi connectivity index (χ4v) is 7.01. The monoisotopic (exact) mass is 512 g/mol. The van der Waals surface area contributed by atoms with Crippen LogP contribution >= 0.6 is 11.3 Å². The number of ether oxygens (including phenoxy) is 1. The van der Waals surface area contributed by atoms with Crippen molar-refractivity contribution in [3.8, 4) is 10.6 Å². The molecule has 2 aliphatic carbocycles. The number of carbonyl (C=O) groups is 1. The molecule has 1 aromatic heterocycles. The number of hydrogen-bond donors (Lipinski definition) is 0. The lowest BCUT2D eigenvalue weighted by molar-refractivity contribution is -0.174. The number of carbonyl (C=O) groups excluding carboxylic acids is 1. The number of hydrogen-bond acceptors (Lipinski definition) is 7. The Labute approximate surface area is 219 Å². The lowest BCUT2D eigenvalue weighted by Crippen LogP contribution is -2.38. The standard InChI is InChI=1S/C28H40N4O3S/c1-31(34-2)28(33)22-10-8-20(9-11-22)26-29-30-27(36-26)21-12-14-23(15-13-21)32-18-16-25(17-19-32)35-24-6-4-3-5-7-24/h12-15,20,22,24-25H,3-11,16-19H2,1-2H3/t20-,22-. The summed E-state index contributed by atoms with van der Waals surface area (Å²) in [5.74, 6) is 0.523. The summed E-state index contributed by atoms with van der Waals surface area (Å²) in [5.41, 5.74) is 2.41. The topological polar surface area (TPSA) is 67.8 Å². The summed E-state index contributed by atoms with van der Waals surface area (Å²) >= 11 is 1.70. The van der Waals surface area contributed by atoms with Crippen molar-refractivity contribution < 1.29 is 14.4 Å². The van der Waals surface area contributed by atoms with Gasteiger partial charge in [0.25, 0.3) is 0 Å². The number of amides is 1. The molecule has 3 fully saturated rings. The number of aromatic nitrogens is 2. The van der Waals surface area contributed by atoms with Gasteiger partial charge in [-0.3, -0.25) is 9.63 Å². The van der Waals surface area contributed by atoms with Crippen molar-refractivity contribution in [3.05, 3.63) is 29.3 Å². The lowest BCUT2D eigenvalue weighted by Gasteiger charge is -2.36. The van der Waals surface area contributed by atoms with Gasteiger partial charge in [-0.2, -0.15) is 0 Å². The van der Waals surface area contributed by atoms with E-state index in [1.807, 2.05) is 0 Å². The Morgan fingerprint density at radius 3 is 2.25 bits per heavy atom. The fraction of sp³-hybridized carbons (Fsp3) is 0.679. The molecule has 36 heavy (non-hydrogen) atoms.